The van der Waals surface area contributed by atoms with Crippen LogP contribution < -0.4 is 4.74 Å². The van der Waals surface area contributed by atoms with Crippen LogP contribution in [-0.2, 0) is 4.79 Å². The number of pyridine rings is 1. The maximum absolute atomic E-state index is 12.6. The zero-order valence-corrected chi connectivity index (χ0v) is 13.9. The fraction of sp³-hybridized carbons (Fsp3) is 0.588. The van der Waals surface area contributed by atoms with Gasteiger partial charge in [0, 0.05) is 25.7 Å². The quantitative estimate of drug-likeness (QED) is 0.849. The first kappa shape index (κ1) is 15.8. The van der Waals surface area contributed by atoms with Crippen LogP contribution in [0.3, 0.4) is 0 Å². The standard InChI is InChI=1S/C17H23N3O3/c1-4-11(5-2)16(21)20-9-13-14(10-20)23-15-12(7-6-8-18-15)17(22)19(13)3/h6-8,11,13-14H,4-5,9-10H2,1-3H3. The summed E-state index contributed by atoms with van der Waals surface area (Å²) >= 11 is 0. The number of carbonyl (C=O) groups excluding carboxylic acids is 2. The molecule has 2 atom stereocenters. The third-order valence-electron chi connectivity index (χ3n) is 4.97. The molecular formula is C17H23N3O3. The minimum atomic E-state index is -0.224. The second kappa shape index (κ2) is 6.18. The summed E-state index contributed by atoms with van der Waals surface area (Å²) in [5.41, 5.74) is 0.488. The number of likely N-dealkylation sites (N-methyl/N-ethyl adjacent to an activating group) is 1. The largest absolute Gasteiger partial charge is 0.470 e. The summed E-state index contributed by atoms with van der Waals surface area (Å²) in [6.45, 7) is 5.10. The van der Waals surface area contributed by atoms with Gasteiger partial charge in [0.15, 0.2) is 0 Å². The monoisotopic (exact) mass is 317 g/mol. The lowest BCUT2D eigenvalue weighted by molar-refractivity contribution is -0.135. The Morgan fingerprint density at radius 3 is 2.83 bits per heavy atom. The van der Waals surface area contributed by atoms with Crippen molar-refractivity contribution >= 4 is 11.8 Å². The van der Waals surface area contributed by atoms with Crippen molar-refractivity contribution in [1.82, 2.24) is 14.8 Å². The lowest BCUT2D eigenvalue weighted by atomic mass is 10.0. The molecule has 3 rings (SSSR count). The maximum atomic E-state index is 12.6. The van der Waals surface area contributed by atoms with Crippen LogP contribution in [0.4, 0.5) is 0 Å². The van der Waals surface area contributed by atoms with Crippen molar-refractivity contribution in [1.29, 1.82) is 0 Å². The molecule has 0 bridgehead atoms. The van der Waals surface area contributed by atoms with E-state index in [2.05, 4.69) is 4.98 Å². The minimum Gasteiger partial charge on any atom is -0.470 e. The van der Waals surface area contributed by atoms with E-state index in [-0.39, 0.29) is 29.9 Å². The topological polar surface area (TPSA) is 62.7 Å². The number of hydrogen-bond donors (Lipinski definition) is 0. The summed E-state index contributed by atoms with van der Waals surface area (Å²) in [6.07, 6.45) is 3.06. The molecule has 23 heavy (non-hydrogen) atoms. The molecule has 1 aromatic rings. The van der Waals surface area contributed by atoms with E-state index >= 15 is 0 Å². The van der Waals surface area contributed by atoms with E-state index in [1.54, 1.807) is 30.3 Å². The van der Waals surface area contributed by atoms with Crippen molar-refractivity contribution in [3.63, 3.8) is 0 Å². The number of nitrogens with zero attached hydrogens (tertiary/aromatic N) is 3. The van der Waals surface area contributed by atoms with Crippen molar-refractivity contribution in [2.45, 2.75) is 38.8 Å². The van der Waals surface area contributed by atoms with Gasteiger partial charge in [0.05, 0.1) is 12.6 Å². The molecule has 2 unspecified atom stereocenters. The number of aromatic nitrogens is 1. The second-order valence-electron chi connectivity index (χ2n) is 6.25. The minimum absolute atomic E-state index is 0.0451. The van der Waals surface area contributed by atoms with Crippen LogP contribution in [0.25, 0.3) is 0 Å². The van der Waals surface area contributed by atoms with Crippen molar-refractivity contribution in [2.75, 3.05) is 20.1 Å². The molecule has 0 spiro atoms. The number of rotatable bonds is 3. The van der Waals surface area contributed by atoms with Crippen LogP contribution >= 0.6 is 0 Å². The molecule has 1 saturated heterocycles. The molecule has 0 aromatic carbocycles. The molecule has 2 aliphatic rings. The van der Waals surface area contributed by atoms with Gasteiger partial charge in [-0.15, -0.1) is 0 Å². The average molecular weight is 317 g/mol. The van der Waals surface area contributed by atoms with Gasteiger partial charge < -0.3 is 14.5 Å². The van der Waals surface area contributed by atoms with E-state index in [0.717, 1.165) is 12.8 Å². The molecular weight excluding hydrogens is 294 g/mol. The number of likely N-dealkylation sites (tertiary alicyclic amines) is 1. The van der Waals surface area contributed by atoms with Gasteiger partial charge in [-0.3, -0.25) is 9.59 Å². The SMILES string of the molecule is CCC(CC)C(=O)N1CC2Oc3ncccc3C(=O)N(C)C2C1. The average Bonchev–Trinajstić information content (AvgIpc) is 2.95. The van der Waals surface area contributed by atoms with Gasteiger partial charge in [-0.2, -0.15) is 0 Å². The van der Waals surface area contributed by atoms with Gasteiger partial charge in [0.2, 0.25) is 11.8 Å². The molecule has 124 valence electrons. The summed E-state index contributed by atoms with van der Waals surface area (Å²) < 4.78 is 5.98. The first-order valence-electron chi connectivity index (χ1n) is 8.24. The third-order valence-corrected chi connectivity index (χ3v) is 4.97. The zero-order chi connectivity index (χ0) is 16.6. The van der Waals surface area contributed by atoms with E-state index in [0.29, 0.717) is 24.5 Å². The molecule has 0 radical (unpaired) electrons. The number of amides is 2. The molecule has 0 N–H and O–H groups in total. The van der Waals surface area contributed by atoms with Crippen molar-refractivity contribution in [2.24, 2.45) is 5.92 Å². The second-order valence-corrected chi connectivity index (χ2v) is 6.25. The van der Waals surface area contributed by atoms with Gasteiger partial charge in [-0.25, -0.2) is 4.98 Å². The van der Waals surface area contributed by atoms with Crippen LogP contribution in [-0.4, -0.2) is 58.9 Å². The summed E-state index contributed by atoms with van der Waals surface area (Å²) in [5.74, 6) is 0.476. The fourth-order valence-corrected chi connectivity index (χ4v) is 3.45. The van der Waals surface area contributed by atoms with Gasteiger partial charge >= 0.3 is 0 Å². The molecule has 0 saturated carbocycles. The van der Waals surface area contributed by atoms with Crippen molar-refractivity contribution in [3.8, 4) is 5.88 Å². The van der Waals surface area contributed by atoms with Crippen molar-refractivity contribution in [3.05, 3.63) is 23.9 Å². The van der Waals surface area contributed by atoms with Crippen molar-refractivity contribution < 1.29 is 14.3 Å². The predicted octanol–water partition coefficient (Wildman–Crippen LogP) is 1.56. The summed E-state index contributed by atoms with van der Waals surface area (Å²) in [7, 11) is 1.77. The highest BCUT2D eigenvalue weighted by molar-refractivity contribution is 5.97. The molecule has 2 aliphatic heterocycles. The highest BCUT2D eigenvalue weighted by atomic mass is 16.5. The van der Waals surface area contributed by atoms with E-state index in [9.17, 15) is 9.59 Å². The number of hydrogen-bond acceptors (Lipinski definition) is 4. The normalized spacial score (nSPS) is 23.4. The Bertz CT molecular complexity index is 615. The molecule has 0 aliphatic carbocycles. The Labute approximate surface area is 136 Å². The number of carbonyl (C=O) groups is 2. The summed E-state index contributed by atoms with van der Waals surface area (Å²) in [6, 6.07) is 3.34. The van der Waals surface area contributed by atoms with Crippen LogP contribution in [0.1, 0.15) is 37.0 Å². The van der Waals surface area contributed by atoms with Gasteiger partial charge in [0.1, 0.15) is 11.7 Å². The highest BCUT2D eigenvalue weighted by Crippen LogP contribution is 2.29. The maximum Gasteiger partial charge on any atom is 0.259 e. The highest BCUT2D eigenvalue weighted by Gasteiger charge is 2.44. The Morgan fingerprint density at radius 1 is 1.39 bits per heavy atom. The Kier molecular flexibility index (Phi) is 4.24. The summed E-state index contributed by atoms with van der Waals surface area (Å²) in [4.78, 5) is 32.9. The Morgan fingerprint density at radius 2 is 2.13 bits per heavy atom. The lowest BCUT2D eigenvalue weighted by Crippen LogP contribution is -2.44. The number of ether oxygens (including phenoxy) is 1. The predicted molar refractivity (Wildman–Crippen MR) is 85.2 cm³/mol. The molecule has 3 heterocycles. The zero-order valence-electron chi connectivity index (χ0n) is 13.9. The molecule has 1 aromatic heterocycles. The summed E-state index contributed by atoms with van der Waals surface area (Å²) in [5, 5.41) is 0. The third kappa shape index (κ3) is 2.66. The molecule has 2 amide bonds. The first-order valence-corrected chi connectivity index (χ1v) is 8.24. The molecule has 1 fully saturated rings. The smallest absolute Gasteiger partial charge is 0.259 e. The van der Waals surface area contributed by atoms with E-state index in [4.69, 9.17) is 4.74 Å². The van der Waals surface area contributed by atoms with Crippen LogP contribution in [0.2, 0.25) is 0 Å². The van der Waals surface area contributed by atoms with Crippen LogP contribution in [0.5, 0.6) is 5.88 Å². The van der Waals surface area contributed by atoms with Gasteiger partial charge in [-0.05, 0) is 25.0 Å². The fourth-order valence-electron chi connectivity index (χ4n) is 3.45. The van der Waals surface area contributed by atoms with E-state index < -0.39 is 0 Å². The first-order chi connectivity index (χ1) is 11.1. The Hall–Kier alpha value is -2.11. The van der Waals surface area contributed by atoms with E-state index in [1.165, 1.54) is 0 Å². The number of fused-ring (bicyclic) bond motifs is 2. The van der Waals surface area contributed by atoms with E-state index in [1.807, 2.05) is 18.7 Å². The Balaban J connectivity index is 1.84. The van der Waals surface area contributed by atoms with Crippen LogP contribution in [0, 0.1) is 5.92 Å². The lowest BCUT2D eigenvalue weighted by Gasteiger charge is -2.25. The van der Waals surface area contributed by atoms with Crippen LogP contribution in [0.15, 0.2) is 18.3 Å². The molecule has 6 heteroatoms. The van der Waals surface area contributed by atoms with Gasteiger partial charge in [-0.1, -0.05) is 13.8 Å². The van der Waals surface area contributed by atoms with Gasteiger partial charge in [0.25, 0.3) is 5.91 Å². The molecule has 6 nitrogen and oxygen atoms in total.